The van der Waals surface area contributed by atoms with E-state index < -0.39 is 10.0 Å². The first-order chi connectivity index (χ1) is 10.9. The maximum absolute atomic E-state index is 11.8. The van der Waals surface area contributed by atoms with Crippen LogP contribution < -0.4 is 10.0 Å². The first-order valence-corrected chi connectivity index (χ1v) is 8.69. The molecule has 0 aliphatic carbocycles. The Morgan fingerprint density at radius 3 is 2.96 bits per heavy atom. The normalized spacial score (nSPS) is 20.0. The summed E-state index contributed by atoms with van der Waals surface area (Å²) in [5, 5.41) is 7.13. The van der Waals surface area contributed by atoms with Crippen LogP contribution in [0.4, 0.5) is 0 Å². The summed E-state index contributed by atoms with van der Waals surface area (Å²) in [4.78, 5) is 6.55. The van der Waals surface area contributed by atoms with Crippen LogP contribution in [-0.2, 0) is 10.0 Å². The predicted molar refractivity (Wildman–Crippen MR) is 81.2 cm³/mol. The number of likely N-dealkylation sites (N-methyl/N-ethyl adjacent to an activating group) is 1. The van der Waals surface area contributed by atoms with Gasteiger partial charge in [-0.15, -0.1) is 0 Å². The summed E-state index contributed by atoms with van der Waals surface area (Å²) in [6.45, 7) is 4.20. The average molecular weight is 341 g/mol. The second kappa shape index (κ2) is 6.04. The molecule has 10 heteroatoms. The van der Waals surface area contributed by atoms with E-state index in [0.29, 0.717) is 17.1 Å². The molecule has 2 aromatic rings. The van der Waals surface area contributed by atoms with Gasteiger partial charge in [-0.05, 0) is 21.0 Å². The number of nitrogens with zero attached hydrogens (tertiary/aromatic N) is 3. The van der Waals surface area contributed by atoms with E-state index in [-0.39, 0.29) is 17.0 Å². The number of piperazine rings is 1. The molecule has 0 amide bonds. The quantitative estimate of drug-likeness (QED) is 0.806. The molecule has 1 unspecified atom stereocenters. The number of nitrogens with one attached hydrogen (secondary N) is 2. The highest BCUT2D eigenvalue weighted by Crippen LogP contribution is 2.29. The highest BCUT2D eigenvalue weighted by molar-refractivity contribution is 7.89. The zero-order valence-electron chi connectivity index (χ0n) is 13.2. The highest BCUT2D eigenvalue weighted by Gasteiger charge is 2.27. The van der Waals surface area contributed by atoms with Crippen molar-refractivity contribution in [1.29, 1.82) is 0 Å². The fourth-order valence-corrected chi connectivity index (χ4v) is 3.18. The van der Waals surface area contributed by atoms with E-state index in [9.17, 15) is 8.42 Å². The van der Waals surface area contributed by atoms with Crippen molar-refractivity contribution in [2.24, 2.45) is 0 Å². The molecule has 0 aromatic carbocycles. The molecule has 3 heterocycles. The van der Waals surface area contributed by atoms with Crippen molar-refractivity contribution in [3.63, 3.8) is 0 Å². The number of aromatic nitrogens is 2. The Morgan fingerprint density at radius 2 is 2.26 bits per heavy atom. The van der Waals surface area contributed by atoms with E-state index in [0.717, 1.165) is 19.6 Å². The molecule has 2 aromatic heterocycles. The van der Waals surface area contributed by atoms with E-state index in [1.54, 1.807) is 6.92 Å². The summed E-state index contributed by atoms with van der Waals surface area (Å²) in [5.74, 6) is 1.22. The van der Waals surface area contributed by atoms with E-state index in [1.165, 1.54) is 13.1 Å². The third-order valence-electron chi connectivity index (χ3n) is 3.91. The second-order valence-corrected chi connectivity index (χ2v) is 7.22. The van der Waals surface area contributed by atoms with Gasteiger partial charge in [-0.3, -0.25) is 4.90 Å². The van der Waals surface area contributed by atoms with Gasteiger partial charge in [0.25, 0.3) is 15.9 Å². The van der Waals surface area contributed by atoms with Crippen LogP contribution in [0.3, 0.4) is 0 Å². The van der Waals surface area contributed by atoms with Crippen molar-refractivity contribution in [1.82, 2.24) is 25.1 Å². The van der Waals surface area contributed by atoms with E-state index in [1.807, 2.05) is 7.05 Å². The zero-order chi connectivity index (χ0) is 16.6. The van der Waals surface area contributed by atoms with E-state index in [4.69, 9.17) is 8.94 Å². The number of sulfonamides is 1. The van der Waals surface area contributed by atoms with Gasteiger partial charge < -0.3 is 14.3 Å². The van der Waals surface area contributed by atoms with Crippen molar-refractivity contribution in [2.75, 3.05) is 33.7 Å². The summed E-state index contributed by atoms with van der Waals surface area (Å²) in [5.41, 5.74) is 0.476. The van der Waals surface area contributed by atoms with Gasteiger partial charge in [0.15, 0.2) is 5.82 Å². The molecule has 1 saturated heterocycles. The van der Waals surface area contributed by atoms with Gasteiger partial charge in [-0.1, -0.05) is 5.16 Å². The smallest absolute Gasteiger partial charge is 0.273 e. The molecule has 3 rings (SSSR count). The Hall–Kier alpha value is -1.75. The molecular weight excluding hydrogens is 322 g/mol. The molecule has 0 radical (unpaired) electrons. The topological polar surface area (TPSA) is 114 Å². The molecule has 0 spiro atoms. The van der Waals surface area contributed by atoms with Crippen LogP contribution in [0.25, 0.3) is 11.5 Å². The third kappa shape index (κ3) is 3.02. The lowest BCUT2D eigenvalue weighted by Gasteiger charge is -2.30. The Kier molecular flexibility index (Phi) is 4.23. The molecular formula is C13H19N5O4S. The van der Waals surface area contributed by atoms with Gasteiger partial charge in [0, 0.05) is 25.7 Å². The number of aryl methyl sites for hydroxylation is 1. The fraction of sp³-hybridized carbons (Fsp3) is 0.538. The lowest BCUT2D eigenvalue weighted by Crippen LogP contribution is -2.44. The molecule has 0 saturated carbocycles. The Morgan fingerprint density at radius 1 is 1.48 bits per heavy atom. The summed E-state index contributed by atoms with van der Waals surface area (Å²) < 4.78 is 36.4. The van der Waals surface area contributed by atoms with Gasteiger partial charge >= 0.3 is 0 Å². The minimum Gasteiger partial charge on any atom is -0.448 e. The first-order valence-electron chi connectivity index (χ1n) is 7.21. The molecule has 2 N–H and O–H groups in total. The zero-order valence-corrected chi connectivity index (χ0v) is 14.0. The van der Waals surface area contributed by atoms with Gasteiger partial charge in [0.2, 0.25) is 5.09 Å². The molecule has 1 aliphatic rings. The monoisotopic (exact) mass is 341 g/mol. The Labute approximate surface area is 134 Å². The maximum Gasteiger partial charge on any atom is 0.273 e. The summed E-state index contributed by atoms with van der Waals surface area (Å²) in [6.07, 6.45) is 0. The lowest BCUT2D eigenvalue weighted by molar-refractivity contribution is 0.190. The van der Waals surface area contributed by atoms with Crippen molar-refractivity contribution in [3.05, 3.63) is 17.7 Å². The maximum atomic E-state index is 11.8. The van der Waals surface area contributed by atoms with Crippen molar-refractivity contribution in [2.45, 2.75) is 18.1 Å². The molecule has 1 fully saturated rings. The third-order valence-corrected chi connectivity index (χ3v) is 5.18. The number of furan rings is 1. The SMILES string of the molecule is CNS(=O)(=O)c1cc(-c2nc(C3CNCCN3C)no2)c(C)o1. The van der Waals surface area contributed by atoms with Crippen molar-refractivity contribution < 1.29 is 17.4 Å². The van der Waals surface area contributed by atoms with Crippen molar-refractivity contribution in [3.8, 4) is 11.5 Å². The number of hydrogen-bond acceptors (Lipinski definition) is 8. The second-order valence-electron chi connectivity index (χ2n) is 5.40. The van der Waals surface area contributed by atoms with Gasteiger partial charge in [0.1, 0.15) is 5.76 Å². The van der Waals surface area contributed by atoms with Gasteiger partial charge in [0.05, 0.1) is 11.6 Å². The van der Waals surface area contributed by atoms with Crippen LogP contribution >= 0.6 is 0 Å². The number of hydrogen-bond donors (Lipinski definition) is 2. The molecule has 1 atom stereocenters. The highest BCUT2D eigenvalue weighted by atomic mass is 32.2. The van der Waals surface area contributed by atoms with Crippen LogP contribution in [0.2, 0.25) is 0 Å². The van der Waals surface area contributed by atoms with E-state index in [2.05, 4.69) is 25.1 Å². The minimum absolute atomic E-state index is 0.0222. The first kappa shape index (κ1) is 16.1. The van der Waals surface area contributed by atoms with Crippen molar-refractivity contribution >= 4 is 10.0 Å². The minimum atomic E-state index is -3.66. The van der Waals surface area contributed by atoms with Gasteiger partial charge in [-0.25, -0.2) is 13.1 Å². The molecule has 23 heavy (non-hydrogen) atoms. The van der Waals surface area contributed by atoms with Crippen LogP contribution in [-0.4, -0.2) is 57.2 Å². The Balaban J connectivity index is 1.92. The summed E-state index contributed by atoms with van der Waals surface area (Å²) >= 11 is 0. The average Bonchev–Trinajstić information content (AvgIpc) is 3.14. The number of rotatable bonds is 4. The van der Waals surface area contributed by atoms with Crippen LogP contribution in [0.15, 0.2) is 20.1 Å². The molecule has 126 valence electrons. The largest absolute Gasteiger partial charge is 0.448 e. The van der Waals surface area contributed by atoms with Crippen LogP contribution in [0, 0.1) is 6.92 Å². The lowest BCUT2D eigenvalue weighted by atomic mass is 10.2. The van der Waals surface area contributed by atoms with Crippen LogP contribution in [0.5, 0.6) is 0 Å². The Bertz CT molecular complexity index is 797. The standard InChI is InChI=1S/C13H19N5O4S/c1-8-9(6-11(21-8)23(19,20)14-2)13-16-12(17-22-13)10-7-15-4-5-18(10)3/h6,10,14-15H,4-5,7H2,1-3H3. The summed E-state index contributed by atoms with van der Waals surface area (Å²) in [7, 11) is -0.330. The predicted octanol–water partition coefficient (Wildman–Crippen LogP) is 0.122. The molecule has 1 aliphatic heterocycles. The van der Waals surface area contributed by atoms with E-state index >= 15 is 0 Å². The fourth-order valence-electron chi connectivity index (χ4n) is 2.47. The van der Waals surface area contributed by atoms with Crippen LogP contribution in [0.1, 0.15) is 17.6 Å². The molecule has 0 bridgehead atoms. The molecule has 9 nitrogen and oxygen atoms in total. The summed E-state index contributed by atoms with van der Waals surface area (Å²) in [6, 6.07) is 1.41. The van der Waals surface area contributed by atoms with Gasteiger partial charge in [-0.2, -0.15) is 4.98 Å².